The van der Waals surface area contributed by atoms with Crippen molar-refractivity contribution in [1.82, 2.24) is 10.2 Å². The number of hydrogen-bond donors (Lipinski definition) is 1. The van der Waals surface area contributed by atoms with E-state index in [2.05, 4.69) is 5.32 Å². The lowest BCUT2D eigenvalue weighted by molar-refractivity contribution is -0.140. The van der Waals surface area contributed by atoms with Crippen LogP contribution in [0, 0.1) is 13.8 Å². The third kappa shape index (κ3) is 7.92. The number of carbonyl (C=O) groups excluding carboxylic acids is 2. The minimum Gasteiger partial charge on any atom is -0.352 e. The summed E-state index contributed by atoms with van der Waals surface area (Å²) >= 11 is 6.11. The lowest BCUT2D eigenvalue weighted by atomic mass is 9.95. The van der Waals surface area contributed by atoms with Crippen molar-refractivity contribution in [3.05, 3.63) is 94.5 Å². The molecule has 0 aromatic heterocycles. The molecule has 0 aliphatic heterocycles. The van der Waals surface area contributed by atoms with E-state index in [9.17, 15) is 18.0 Å². The number of carbonyl (C=O) groups is 2. The smallest absolute Gasteiger partial charge is 0.264 e. The summed E-state index contributed by atoms with van der Waals surface area (Å²) in [5.41, 5.74) is 3.06. The second kappa shape index (κ2) is 14.2. The summed E-state index contributed by atoms with van der Waals surface area (Å²) in [7, 11) is -4.10. The monoisotopic (exact) mass is 609 g/mol. The summed E-state index contributed by atoms with van der Waals surface area (Å²) < 4.78 is 29.1. The molecule has 4 rings (SSSR count). The van der Waals surface area contributed by atoms with Crippen molar-refractivity contribution in [2.45, 2.75) is 82.8 Å². The second-order valence-electron chi connectivity index (χ2n) is 11.1. The first kappa shape index (κ1) is 31.6. The number of nitrogens with zero attached hydrogens (tertiary/aromatic N) is 2. The molecule has 1 saturated carbocycles. The number of sulfonamides is 1. The maximum Gasteiger partial charge on any atom is 0.264 e. The molecular formula is C33H40ClN3O4S. The quantitative estimate of drug-likeness (QED) is 0.272. The molecule has 0 radical (unpaired) electrons. The number of rotatable bonds is 11. The van der Waals surface area contributed by atoms with Gasteiger partial charge >= 0.3 is 0 Å². The van der Waals surface area contributed by atoms with Crippen LogP contribution in [0.2, 0.25) is 5.02 Å². The number of halogens is 1. The highest BCUT2D eigenvalue weighted by Crippen LogP contribution is 2.26. The predicted octanol–water partition coefficient (Wildman–Crippen LogP) is 6.41. The van der Waals surface area contributed by atoms with Crippen molar-refractivity contribution < 1.29 is 18.0 Å². The number of nitrogens with one attached hydrogen (secondary N) is 1. The molecule has 42 heavy (non-hydrogen) atoms. The lowest BCUT2D eigenvalue weighted by Gasteiger charge is -2.34. The number of aryl methyl sites for hydroxylation is 2. The van der Waals surface area contributed by atoms with E-state index in [-0.39, 0.29) is 23.4 Å². The molecule has 3 aromatic rings. The topological polar surface area (TPSA) is 86.8 Å². The summed E-state index contributed by atoms with van der Waals surface area (Å²) in [6.07, 6.45) is 5.52. The fourth-order valence-corrected chi connectivity index (χ4v) is 6.87. The van der Waals surface area contributed by atoms with Crippen LogP contribution in [0.4, 0.5) is 5.69 Å². The molecule has 0 bridgehead atoms. The van der Waals surface area contributed by atoms with Gasteiger partial charge in [0.25, 0.3) is 10.0 Å². The average molecular weight is 610 g/mol. The Morgan fingerprint density at radius 1 is 0.881 bits per heavy atom. The van der Waals surface area contributed by atoms with Crippen LogP contribution in [-0.4, -0.2) is 43.8 Å². The molecule has 1 aliphatic carbocycles. The molecule has 1 N–H and O–H groups in total. The molecule has 1 atom stereocenters. The Labute approximate surface area is 254 Å². The first-order valence-corrected chi connectivity index (χ1v) is 16.4. The zero-order chi connectivity index (χ0) is 30.3. The highest BCUT2D eigenvalue weighted by molar-refractivity contribution is 7.92. The second-order valence-corrected chi connectivity index (χ2v) is 13.4. The number of amides is 2. The first-order valence-electron chi connectivity index (χ1n) is 14.6. The Morgan fingerprint density at radius 2 is 1.45 bits per heavy atom. The van der Waals surface area contributed by atoms with Crippen LogP contribution in [0.25, 0.3) is 0 Å². The van der Waals surface area contributed by atoms with E-state index in [0.717, 1.165) is 53.1 Å². The van der Waals surface area contributed by atoms with E-state index in [4.69, 9.17) is 11.6 Å². The van der Waals surface area contributed by atoms with Crippen molar-refractivity contribution in [1.29, 1.82) is 0 Å². The Hall–Kier alpha value is -3.36. The molecule has 0 spiro atoms. The minimum absolute atomic E-state index is 0.0822. The van der Waals surface area contributed by atoms with Gasteiger partial charge in [0.05, 0.1) is 10.6 Å². The van der Waals surface area contributed by atoms with Gasteiger partial charge < -0.3 is 10.2 Å². The van der Waals surface area contributed by atoms with Crippen molar-refractivity contribution in [3.63, 3.8) is 0 Å². The van der Waals surface area contributed by atoms with Crippen molar-refractivity contribution in [2.75, 3.05) is 10.8 Å². The predicted molar refractivity (Wildman–Crippen MR) is 168 cm³/mol. The third-order valence-corrected chi connectivity index (χ3v) is 9.85. The van der Waals surface area contributed by atoms with Gasteiger partial charge in [-0.1, -0.05) is 85.3 Å². The van der Waals surface area contributed by atoms with Gasteiger partial charge in [-0.15, -0.1) is 0 Å². The van der Waals surface area contributed by atoms with Crippen LogP contribution >= 0.6 is 11.6 Å². The van der Waals surface area contributed by atoms with E-state index in [0.29, 0.717) is 17.1 Å². The molecule has 7 nitrogen and oxygen atoms in total. The third-order valence-electron chi connectivity index (χ3n) is 7.81. The van der Waals surface area contributed by atoms with Gasteiger partial charge in [0, 0.05) is 17.6 Å². The average Bonchev–Trinajstić information content (AvgIpc) is 2.98. The molecule has 0 unspecified atom stereocenters. The van der Waals surface area contributed by atoms with Crippen LogP contribution < -0.4 is 9.62 Å². The van der Waals surface area contributed by atoms with Crippen LogP contribution in [0.15, 0.2) is 77.7 Å². The summed E-state index contributed by atoms with van der Waals surface area (Å²) in [6.45, 7) is 5.35. The van der Waals surface area contributed by atoms with Gasteiger partial charge in [0.2, 0.25) is 11.8 Å². The van der Waals surface area contributed by atoms with E-state index in [1.54, 1.807) is 48.5 Å². The Kier molecular flexibility index (Phi) is 10.7. The van der Waals surface area contributed by atoms with Crippen molar-refractivity contribution in [3.8, 4) is 0 Å². The molecule has 1 aliphatic rings. The summed E-state index contributed by atoms with van der Waals surface area (Å²) in [5.74, 6) is -0.679. The normalized spacial score (nSPS) is 14.7. The van der Waals surface area contributed by atoms with Gasteiger partial charge in [-0.2, -0.15) is 0 Å². The minimum atomic E-state index is -4.10. The fraction of sp³-hybridized carbons (Fsp3) is 0.394. The van der Waals surface area contributed by atoms with Gasteiger partial charge in [-0.3, -0.25) is 13.9 Å². The van der Waals surface area contributed by atoms with Gasteiger partial charge in [0.1, 0.15) is 12.6 Å². The fourth-order valence-electron chi connectivity index (χ4n) is 5.33. The Morgan fingerprint density at radius 3 is 2.02 bits per heavy atom. The van der Waals surface area contributed by atoms with Crippen molar-refractivity contribution >= 4 is 39.1 Å². The lowest BCUT2D eigenvalue weighted by Crippen LogP contribution is -2.54. The largest absolute Gasteiger partial charge is 0.352 e. The Balaban J connectivity index is 1.69. The van der Waals surface area contributed by atoms with E-state index < -0.39 is 28.5 Å². The molecule has 1 fully saturated rings. The van der Waals surface area contributed by atoms with Crippen LogP contribution in [0.3, 0.4) is 0 Å². The van der Waals surface area contributed by atoms with Gasteiger partial charge in [-0.25, -0.2) is 8.42 Å². The van der Waals surface area contributed by atoms with E-state index in [1.807, 2.05) is 45.0 Å². The summed E-state index contributed by atoms with van der Waals surface area (Å²) in [4.78, 5) is 29.4. The molecule has 3 aromatic carbocycles. The SMILES string of the molecule is CC[C@@H](C(=O)NC1CCCCC1)N(Cc1ccc(Cl)cc1)C(=O)CN(c1ccc(C)cc1)S(=O)(=O)c1ccc(C)cc1. The number of benzene rings is 3. The first-order chi connectivity index (χ1) is 20.1. The highest BCUT2D eigenvalue weighted by atomic mass is 35.5. The zero-order valence-corrected chi connectivity index (χ0v) is 26.1. The zero-order valence-electron chi connectivity index (χ0n) is 24.6. The number of anilines is 1. The van der Waals surface area contributed by atoms with Crippen LogP contribution in [0.5, 0.6) is 0 Å². The molecular weight excluding hydrogens is 570 g/mol. The van der Waals surface area contributed by atoms with Gasteiger partial charge in [-0.05, 0) is 75.1 Å². The molecule has 0 saturated heterocycles. The summed E-state index contributed by atoms with van der Waals surface area (Å²) in [5, 5.41) is 3.73. The molecule has 224 valence electrons. The van der Waals surface area contributed by atoms with Gasteiger partial charge in [0.15, 0.2) is 0 Å². The summed E-state index contributed by atoms with van der Waals surface area (Å²) in [6, 6.07) is 20.0. The Bertz CT molecular complexity index is 1450. The standard InChI is InChI=1S/C33H40ClN3O4S/c1-4-31(33(39)35-28-8-6-5-7-9-28)36(22-26-14-16-27(34)17-15-26)32(38)23-37(29-18-10-24(2)11-19-29)42(40,41)30-20-12-25(3)13-21-30/h10-21,28,31H,4-9,22-23H2,1-3H3,(H,35,39)/t31-/m0/s1. The maximum absolute atomic E-state index is 14.2. The number of hydrogen-bond acceptors (Lipinski definition) is 4. The maximum atomic E-state index is 14.2. The molecule has 9 heteroatoms. The van der Waals surface area contributed by atoms with Crippen molar-refractivity contribution in [2.24, 2.45) is 0 Å². The molecule has 2 amide bonds. The van der Waals surface area contributed by atoms with Crippen LogP contribution in [0.1, 0.15) is 62.1 Å². The highest BCUT2D eigenvalue weighted by Gasteiger charge is 2.34. The molecule has 0 heterocycles. The van der Waals surface area contributed by atoms with Crippen LogP contribution in [-0.2, 0) is 26.2 Å². The van der Waals surface area contributed by atoms with E-state index >= 15 is 0 Å². The van der Waals surface area contributed by atoms with E-state index in [1.165, 1.54) is 4.90 Å².